The van der Waals surface area contributed by atoms with E-state index in [-0.39, 0.29) is 11.9 Å². The molecule has 0 aromatic carbocycles. The van der Waals surface area contributed by atoms with E-state index in [1.807, 2.05) is 25.3 Å². The van der Waals surface area contributed by atoms with E-state index in [1.54, 1.807) is 18.1 Å². The molecule has 2 rings (SSSR count). The maximum Gasteiger partial charge on any atom is 0.227 e. The zero-order chi connectivity index (χ0) is 13.1. The highest BCUT2D eigenvalue weighted by Gasteiger charge is 2.16. The molecule has 0 saturated heterocycles. The molecule has 0 radical (unpaired) electrons. The van der Waals surface area contributed by atoms with Crippen LogP contribution in [0.2, 0.25) is 0 Å². The second-order valence-electron chi connectivity index (χ2n) is 4.48. The Kier molecular flexibility index (Phi) is 3.62. The predicted molar refractivity (Wildman–Crippen MR) is 71.1 cm³/mol. The molecule has 1 atom stereocenters. The summed E-state index contributed by atoms with van der Waals surface area (Å²) >= 11 is 0. The van der Waals surface area contributed by atoms with Gasteiger partial charge in [0, 0.05) is 37.4 Å². The van der Waals surface area contributed by atoms with Gasteiger partial charge in [-0.15, -0.1) is 0 Å². The number of aromatic amines is 1. The van der Waals surface area contributed by atoms with Crippen LogP contribution in [0, 0.1) is 0 Å². The minimum Gasteiger partial charge on any atom is -0.346 e. The van der Waals surface area contributed by atoms with Crippen molar-refractivity contribution in [3.8, 4) is 0 Å². The summed E-state index contributed by atoms with van der Waals surface area (Å²) in [5, 5.41) is 1.000. The first-order valence-electron chi connectivity index (χ1n) is 6.00. The van der Waals surface area contributed by atoms with Gasteiger partial charge in [-0.1, -0.05) is 0 Å². The number of pyridine rings is 1. The molecule has 0 spiro atoms. The van der Waals surface area contributed by atoms with Crippen molar-refractivity contribution >= 4 is 16.9 Å². The number of amides is 1. The van der Waals surface area contributed by atoms with Crippen LogP contribution in [0.25, 0.3) is 11.0 Å². The van der Waals surface area contributed by atoms with Crippen LogP contribution in [-0.2, 0) is 11.2 Å². The first-order valence-corrected chi connectivity index (χ1v) is 6.00. The van der Waals surface area contributed by atoms with Gasteiger partial charge in [0.2, 0.25) is 5.91 Å². The van der Waals surface area contributed by atoms with Gasteiger partial charge in [0.25, 0.3) is 0 Å². The number of hydrogen-bond acceptors (Lipinski definition) is 3. The number of nitrogens with two attached hydrogens (primary N) is 1. The largest absolute Gasteiger partial charge is 0.346 e. The van der Waals surface area contributed by atoms with Crippen molar-refractivity contribution < 1.29 is 4.79 Å². The number of nitrogens with zero attached hydrogens (tertiary/aromatic N) is 2. The van der Waals surface area contributed by atoms with Gasteiger partial charge in [-0.05, 0) is 24.6 Å². The number of fused-ring (bicyclic) bond motifs is 1. The lowest BCUT2D eigenvalue weighted by Gasteiger charge is -2.23. The second-order valence-corrected chi connectivity index (χ2v) is 4.48. The third-order valence-electron chi connectivity index (χ3n) is 3.27. The molecule has 96 valence electrons. The second kappa shape index (κ2) is 5.18. The Hall–Kier alpha value is -1.88. The molecule has 0 bridgehead atoms. The lowest BCUT2D eigenvalue weighted by Crippen LogP contribution is -2.40. The Bertz CT molecular complexity index is 549. The summed E-state index contributed by atoms with van der Waals surface area (Å²) in [5.74, 6) is 0.0673. The van der Waals surface area contributed by atoms with Crippen molar-refractivity contribution in [2.24, 2.45) is 5.73 Å². The van der Waals surface area contributed by atoms with Crippen LogP contribution in [0.3, 0.4) is 0 Å². The van der Waals surface area contributed by atoms with Crippen LogP contribution in [0.5, 0.6) is 0 Å². The van der Waals surface area contributed by atoms with Gasteiger partial charge in [-0.25, -0.2) is 4.98 Å². The Labute approximate surface area is 106 Å². The molecule has 0 aliphatic rings. The number of carbonyl (C=O) groups is 1. The van der Waals surface area contributed by atoms with E-state index in [4.69, 9.17) is 5.73 Å². The molecule has 5 heteroatoms. The van der Waals surface area contributed by atoms with Crippen molar-refractivity contribution in [2.75, 3.05) is 13.6 Å². The summed E-state index contributed by atoms with van der Waals surface area (Å²) in [4.78, 5) is 21.1. The molecule has 0 fully saturated rings. The summed E-state index contributed by atoms with van der Waals surface area (Å²) in [6, 6.07) is 3.89. The van der Waals surface area contributed by atoms with Crippen LogP contribution < -0.4 is 5.73 Å². The highest BCUT2D eigenvalue weighted by molar-refractivity contribution is 5.87. The first kappa shape index (κ1) is 12.6. The maximum atomic E-state index is 12.1. The summed E-state index contributed by atoms with van der Waals surface area (Å²) in [6.45, 7) is 2.41. The third kappa shape index (κ3) is 2.36. The Balaban J connectivity index is 2.16. The third-order valence-corrected chi connectivity index (χ3v) is 3.27. The van der Waals surface area contributed by atoms with Crippen LogP contribution >= 0.6 is 0 Å². The van der Waals surface area contributed by atoms with Crippen LogP contribution in [0.4, 0.5) is 0 Å². The fraction of sp³-hybridized carbons (Fsp3) is 0.385. The Morgan fingerprint density at radius 1 is 1.61 bits per heavy atom. The molecule has 5 nitrogen and oxygen atoms in total. The van der Waals surface area contributed by atoms with E-state index in [0.717, 1.165) is 16.6 Å². The lowest BCUT2D eigenvalue weighted by molar-refractivity contribution is -0.130. The lowest BCUT2D eigenvalue weighted by atomic mass is 10.1. The standard InChI is InChI=1S/C13H18N4O/c1-9(7-14)17(2)12(18)6-10-8-16-13-11(10)4-3-5-15-13/h3-5,8-9H,6-7,14H2,1-2H3,(H,15,16). The number of aromatic nitrogens is 2. The highest BCUT2D eigenvalue weighted by atomic mass is 16.2. The van der Waals surface area contributed by atoms with Crippen LogP contribution in [0.1, 0.15) is 12.5 Å². The van der Waals surface area contributed by atoms with Crippen molar-refractivity contribution in [1.29, 1.82) is 0 Å². The monoisotopic (exact) mass is 246 g/mol. The summed E-state index contributed by atoms with van der Waals surface area (Å²) in [5.41, 5.74) is 7.35. The Morgan fingerprint density at radius 3 is 3.11 bits per heavy atom. The number of likely N-dealkylation sites (N-methyl/N-ethyl adjacent to an activating group) is 1. The minimum absolute atomic E-state index is 0.0563. The molecule has 0 saturated carbocycles. The van der Waals surface area contributed by atoms with Gasteiger partial charge in [0.15, 0.2) is 0 Å². The molecule has 18 heavy (non-hydrogen) atoms. The smallest absolute Gasteiger partial charge is 0.227 e. The zero-order valence-electron chi connectivity index (χ0n) is 10.7. The van der Waals surface area contributed by atoms with Gasteiger partial charge >= 0.3 is 0 Å². The van der Waals surface area contributed by atoms with Gasteiger partial charge < -0.3 is 15.6 Å². The fourth-order valence-corrected chi connectivity index (χ4v) is 1.85. The number of nitrogens with one attached hydrogen (secondary N) is 1. The van der Waals surface area contributed by atoms with Gasteiger partial charge in [0.05, 0.1) is 6.42 Å². The average Bonchev–Trinajstić information content (AvgIpc) is 2.80. The van der Waals surface area contributed by atoms with Crippen LogP contribution in [0.15, 0.2) is 24.5 Å². The van der Waals surface area contributed by atoms with E-state index in [2.05, 4.69) is 9.97 Å². The topological polar surface area (TPSA) is 75.0 Å². The molecule has 0 aliphatic carbocycles. The van der Waals surface area contributed by atoms with E-state index in [1.165, 1.54) is 0 Å². The summed E-state index contributed by atoms with van der Waals surface area (Å²) in [7, 11) is 1.78. The predicted octanol–water partition coefficient (Wildman–Crippen LogP) is 0.911. The van der Waals surface area contributed by atoms with Crippen molar-refractivity contribution in [1.82, 2.24) is 14.9 Å². The van der Waals surface area contributed by atoms with Gasteiger partial charge in [0.1, 0.15) is 5.65 Å². The van der Waals surface area contributed by atoms with Crippen molar-refractivity contribution in [2.45, 2.75) is 19.4 Å². The molecule has 2 aromatic rings. The molecule has 1 amide bonds. The van der Waals surface area contributed by atoms with Crippen LogP contribution in [-0.4, -0.2) is 40.4 Å². The molecule has 2 aromatic heterocycles. The number of carbonyl (C=O) groups excluding carboxylic acids is 1. The quantitative estimate of drug-likeness (QED) is 0.842. The number of hydrogen-bond donors (Lipinski definition) is 2. The average molecular weight is 246 g/mol. The number of H-pyrrole nitrogens is 1. The van der Waals surface area contributed by atoms with Crippen molar-refractivity contribution in [3.05, 3.63) is 30.1 Å². The van der Waals surface area contributed by atoms with E-state index >= 15 is 0 Å². The highest BCUT2D eigenvalue weighted by Crippen LogP contribution is 2.16. The fourth-order valence-electron chi connectivity index (χ4n) is 1.85. The zero-order valence-corrected chi connectivity index (χ0v) is 10.7. The molecule has 2 heterocycles. The Morgan fingerprint density at radius 2 is 2.39 bits per heavy atom. The maximum absolute atomic E-state index is 12.1. The van der Waals surface area contributed by atoms with Gasteiger partial charge in [-0.3, -0.25) is 4.79 Å². The summed E-state index contributed by atoms with van der Waals surface area (Å²) in [6.07, 6.45) is 3.94. The van der Waals surface area contributed by atoms with Gasteiger partial charge in [-0.2, -0.15) is 0 Å². The van der Waals surface area contributed by atoms with E-state index in [9.17, 15) is 4.79 Å². The minimum atomic E-state index is 0.0563. The summed E-state index contributed by atoms with van der Waals surface area (Å²) < 4.78 is 0. The molecule has 1 unspecified atom stereocenters. The van der Waals surface area contributed by atoms with E-state index < -0.39 is 0 Å². The number of rotatable bonds is 4. The molecular weight excluding hydrogens is 228 g/mol. The molecule has 3 N–H and O–H groups in total. The normalized spacial score (nSPS) is 12.6. The first-order chi connectivity index (χ1) is 8.63. The molecule has 0 aliphatic heterocycles. The van der Waals surface area contributed by atoms with E-state index in [0.29, 0.717) is 13.0 Å². The van der Waals surface area contributed by atoms with Crippen molar-refractivity contribution in [3.63, 3.8) is 0 Å². The molecular formula is C13H18N4O. The SMILES string of the molecule is CC(CN)N(C)C(=O)Cc1c[nH]c2ncccc12.